The summed E-state index contributed by atoms with van der Waals surface area (Å²) in [4.78, 5) is 33.0. The third-order valence-corrected chi connectivity index (χ3v) is 4.74. The fourth-order valence-corrected chi connectivity index (χ4v) is 3.13. The molecule has 0 saturated carbocycles. The van der Waals surface area contributed by atoms with E-state index in [2.05, 4.69) is 35.5 Å². The largest absolute Gasteiger partial charge is 0.336 e. The number of anilines is 1. The molecule has 1 amide bonds. The van der Waals surface area contributed by atoms with Gasteiger partial charge in [-0.25, -0.2) is 9.97 Å². The Labute approximate surface area is 171 Å². The van der Waals surface area contributed by atoms with Crippen molar-refractivity contribution < 1.29 is 4.79 Å². The minimum absolute atomic E-state index is 0.0612. The van der Waals surface area contributed by atoms with Gasteiger partial charge in [0.25, 0.3) is 0 Å². The number of aromatic amines is 2. The highest BCUT2D eigenvalue weighted by atomic mass is 16.1. The monoisotopic (exact) mass is 398 g/mol. The van der Waals surface area contributed by atoms with Crippen molar-refractivity contribution in [3.63, 3.8) is 0 Å². The molecule has 5 aromatic heterocycles. The maximum absolute atomic E-state index is 12.0. The second kappa shape index (κ2) is 7.03. The number of carbonyl (C=O) groups excluding carboxylic acids is 1. The van der Waals surface area contributed by atoms with E-state index in [-0.39, 0.29) is 11.8 Å². The van der Waals surface area contributed by atoms with E-state index in [1.807, 2.05) is 38.1 Å². The van der Waals surface area contributed by atoms with E-state index in [0.29, 0.717) is 22.7 Å². The van der Waals surface area contributed by atoms with Gasteiger partial charge in [0.1, 0.15) is 11.0 Å². The van der Waals surface area contributed by atoms with Gasteiger partial charge in [-0.15, -0.1) is 0 Å². The molecule has 0 radical (unpaired) electrons. The molecule has 0 aliphatic heterocycles. The van der Waals surface area contributed by atoms with Crippen molar-refractivity contribution in [1.82, 2.24) is 35.1 Å². The third-order valence-electron chi connectivity index (χ3n) is 4.74. The van der Waals surface area contributed by atoms with Crippen LogP contribution in [0.25, 0.3) is 44.8 Å². The number of nitrogens with zero attached hydrogens (tertiary/aromatic N) is 5. The first-order chi connectivity index (χ1) is 14.6. The molecule has 0 aliphatic carbocycles. The summed E-state index contributed by atoms with van der Waals surface area (Å²) < 4.78 is 0. The minimum Gasteiger partial charge on any atom is -0.336 e. The van der Waals surface area contributed by atoms with Crippen LogP contribution in [0.3, 0.4) is 0 Å². The summed E-state index contributed by atoms with van der Waals surface area (Å²) in [5.41, 5.74) is 5.89. The molecule has 9 heteroatoms. The first kappa shape index (κ1) is 17.9. The number of aromatic nitrogens is 7. The zero-order chi connectivity index (χ0) is 20.7. The topological polar surface area (TPSA) is 125 Å². The summed E-state index contributed by atoms with van der Waals surface area (Å²) in [6, 6.07) is 7.52. The van der Waals surface area contributed by atoms with Crippen LogP contribution in [-0.4, -0.2) is 41.0 Å². The van der Waals surface area contributed by atoms with E-state index in [1.54, 1.807) is 24.8 Å². The van der Waals surface area contributed by atoms with Gasteiger partial charge >= 0.3 is 0 Å². The molecule has 0 atom stereocenters. The number of hydrogen-bond donors (Lipinski definition) is 3. The number of nitrogens with one attached hydrogen (secondary N) is 3. The average Bonchev–Trinajstić information content (AvgIpc) is 3.37. The van der Waals surface area contributed by atoms with Gasteiger partial charge in [0.15, 0.2) is 11.5 Å². The minimum atomic E-state index is -0.115. The summed E-state index contributed by atoms with van der Waals surface area (Å²) >= 11 is 0. The number of amides is 1. The Kier molecular flexibility index (Phi) is 4.20. The van der Waals surface area contributed by atoms with Gasteiger partial charge in [0, 0.05) is 23.9 Å². The summed E-state index contributed by atoms with van der Waals surface area (Å²) in [5.74, 6) is 0.439. The van der Waals surface area contributed by atoms with Crippen molar-refractivity contribution in [2.75, 3.05) is 5.32 Å². The zero-order valence-electron chi connectivity index (χ0n) is 16.3. The molecule has 0 spiro atoms. The highest BCUT2D eigenvalue weighted by molar-refractivity contribution is 5.93. The first-order valence-corrected chi connectivity index (χ1v) is 9.50. The van der Waals surface area contributed by atoms with Crippen molar-refractivity contribution in [3.8, 4) is 22.8 Å². The standard InChI is InChI=1S/C21H18N8O/c1-11(2)21(30)24-13-7-12(8-23-9-13)14-3-4-16-18(25-14)19(29-28-16)20-26-15-5-6-22-10-17(15)27-20/h3-11H,1-2H3,(H,24,30)(H,26,27)(H,28,29). The van der Waals surface area contributed by atoms with Gasteiger partial charge < -0.3 is 10.3 Å². The Hall–Kier alpha value is -4.14. The highest BCUT2D eigenvalue weighted by Gasteiger charge is 2.15. The second-order valence-corrected chi connectivity index (χ2v) is 7.25. The number of rotatable bonds is 4. The lowest BCUT2D eigenvalue weighted by atomic mass is 10.1. The summed E-state index contributed by atoms with van der Waals surface area (Å²) in [5, 5.41) is 10.3. The van der Waals surface area contributed by atoms with Crippen LogP contribution in [0.2, 0.25) is 0 Å². The summed E-state index contributed by atoms with van der Waals surface area (Å²) in [6.45, 7) is 3.69. The Balaban J connectivity index is 1.55. The van der Waals surface area contributed by atoms with Gasteiger partial charge in [-0.05, 0) is 24.3 Å². The molecule has 0 bridgehead atoms. The van der Waals surface area contributed by atoms with Crippen LogP contribution in [0, 0.1) is 5.92 Å². The van der Waals surface area contributed by atoms with E-state index in [9.17, 15) is 4.79 Å². The van der Waals surface area contributed by atoms with Gasteiger partial charge in [-0.2, -0.15) is 5.10 Å². The first-order valence-electron chi connectivity index (χ1n) is 9.50. The Morgan fingerprint density at radius 2 is 1.93 bits per heavy atom. The zero-order valence-corrected chi connectivity index (χ0v) is 16.3. The molecular formula is C21H18N8O. The molecular weight excluding hydrogens is 380 g/mol. The van der Waals surface area contributed by atoms with Crippen molar-refractivity contribution in [2.45, 2.75) is 13.8 Å². The fourth-order valence-electron chi connectivity index (χ4n) is 3.13. The molecule has 9 nitrogen and oxygen atoms in total. The van der Waals surface area contributed by atoms with E-state index in [1.165, 1.54) is 0 Å². The molecule has 5 aromatic rings. The van der Waals surface area contributed by atoms with Crippen LogP contribution >= 0.6 is 0 Å². The number of hydrogen-bond acceptors (Lipinski definition) is 6. The molecule has 0 aromatic carbocycles. The van der Waals surface area contributed by atoms with E-state index in [0.717, 1.165) is 27.8 Å². The molecule has 5 rings (SSSR count). The van der Waals surface area contributed by atoms with Crippen LogP contribution in [0.4, 0.5) is 5.69 Å². The number of H-pyrrole nitrogens is 2. The predicted octanol–water partition coefficient (Wildman–Crippen LogP) is 3.55. The SMILES string of the molecule is CC(C)C(=O)Nc1cncc(-c2ccc3[nH]nc(-c4nc5cnccc5[nH]4)c3n2)c1. The van der Waals surface area contributed by atoms with Gasteiger partial charge in [0.05, 0.1) is 34.8 Å². The molecule has 30 heavy (non-hydrogen) atoms. The van der Waals surface area contributed by atoms with Crippen LogP contribution in [0.15, 0.2) is 49.1 Å². The Morgan fingerprint density at radius 1 is 1.03 bits per heavy atom. The molecule has 0 unspecified atom stereocenters. The number of carbonyl (C=O) groups is 1. The predicted molar refractivity (Wildman–Crippen MR) is 113 cm³/mol. The maximum atomic E-state index is 12.0. The molecule has 3 N–H and O–H groups in total. The third kappa shape index (κ3) is 3.16. The molecule has 0 aliphatic rings. The number of pyridine rings is 3. The number of imidazole rings is 1. The maximum Gasteiger partial charge on any atom is 0.226 e. The lowest BCUT2D eigenvalue weighted by molar-refractivity contribution is -0.118. The van der Waals surface area contributed by atoms with Crippen molar-refractivity contribution in [1.29, 1.82) is 0 Å². The van der Waals surface area contributed by atoms with Crippen molar-refractivity contribution in [2.24, 2.45) is 5.92 Å². The quantitative estimate of drug-likeness (QED) is 0.425. The molecule has 148 valence electrons. The second-order valence-electron chi connectivity index (χ2n) is 7.25. The van der Waals surface area contributed by atoms with Gasteiger partial charge in [0.2, 0.25) is 5.91 Å². The van der Waals surface area contributed by atoms with E-state index < -0.39 is 0 Å². The summed E-state index contributed by atoms with van der Waals surface area (Å²) in [6.07, 6.45) is 6.74. The molecule has 5 heterocycles. The molecule has 0 saturated heterocycles. The Morgan fingerprint density at radius 3 is 2.77 bits per heavy atom. The smallest absolute Gasteiger partial charge is 0.226 e. The Bertz CT molecular complexity index is 1350. The van der Waals surface area contributed by atoms with Crippen LogP contribution in [0.5, 0.6) is 0 Å². The van der Waals surface area contributed by atoms with Crippen LogP contribution in [-0.2, 0) is 4.79 Å². The average molecular weight is 398 g/mol. The van der Waals surface area contributed by atoms with Gasteiger partial charge in [-0.3, -0.25) is 19.9 Å². The highest BCUT2D eigenvalue weighted by Crippen LogP contribution is 2.28. The lowest BCUT2D eigenvalue weighted by Crippen LogP contribution is -2.17. The van der Waals surface area contributed by atoms with E-state index in [4.69, 9.17) is 4.98 Å². The summed E-state index contributed by atoms with van der Waals surface area (Å²) in [7, 11) is 0. The number of fused-ring (bicyclic) bond motifs is 2. The van der Waals surface area contributed by atoms with Crippen molar-refractivity contribution in [3.05, 3.63) is 49.1 Å². The van der Waals surface area contributed by atoms with Crippen molar-refractivity contribution >= 4 is 33.7 Å². The van der Waals surface area contributed by atoms with Crippen LogP contribution in [0.1, 0.15) is 13.8 Å². The van der Waals surface area contributed by atoms with Crippen LogP contribution < -0.4 is 5.32 Å². The molecule has 0 fully saturated rings. The van der Waals surface area contributed by atoms with E-state index >= 15 is 0 Å². The lowest BCUT2D eigenvalue weighted by Gasteiger charge is -2.08. The van der Waals surface area contributed by atoms with Gasteiger partial charge in [-0.1, -0.05) is 13.8 Å². The fraction of sp³-hybridized carbons (Fsp3) is 0.143. The normalized spacial score (nSPS) is 11.4.